The van der Waals surface area contributed by atoms with Gasteiger partial charge in [0, 0.05) is 6.72 Å². The molecule has 0 spiro atoms. The molecule has 0 aliphatic heterocycles. The highest BCUT2D eigenvalue weighted by molar-refractivity contribution is 5.87. The lowest BCUT2D eigenvalue weighted by molar-refractivity contribution is -0.139. The van der Waals surface area contributed by atoms with Gasteiger partial charge in [0.05, 0.1) is 0 Å². The van der Waals surface area contributed by atoms with Crippen LogP contribution in [0, 0.1) is 0 Å². The third-order valence-electron chi connectivity index (χ3n) is 0.678. The van der Waals surface area contributed by atoms with E-state index in [0.29, 0.717) is 0 Å². The van der Waals surface area contributed by atoms with Gasteiger partial charge in [-0.2, -0.15) is 0 Å². The van der Waals surface area contributed by atoms with Crippen LogP contribution in [0.25, 0.3) is 0 Å². The Hall–Kier alpha value is -1.72. The van der Waals surface area contributed by atoms with Crippen molar-refractivity contribution in [2.24, 2.45) is 22.4 Å². The van der Waals surface area contributed by atoms with Crippen LogP contribution in [0.15, 0.2) is 16.7 Å². The zero-order valence-electron chi connectivity index (χ0n) is 5.20. The summed E-state index contributed by atoms with van der Waals surface area (Å²) in [6, 6.07) is 0. The van der Waals surface area contributed by atoms with Crippen molar-refractivity contribution in [3.63, 3.8) is 0 Å². The average molecular weight is 144 g/mol. The lowest BCUT2D eigenvalue weighted by Gasteiger charge is -1.97. The van der Waals surface area contributed by atoms with Crippen LogP contribution in [0.3, 0.4) is 0 Å². The number of hydrogen-bond donors (Lipinski definition) is 3. The van der Waals surface area contributed by atoms with E-state index in [2.05, 4.69) is 16.7 Å². The molecular weight excluding hydrogens is 136 g/mol. The van der Waals surface area contributed by atoms with Gasteiger partial charge in [0.15, 0.2) is 5.70 Å². The molecule has 10 heavy (non-hydrogen) atoms. The third-order valence-corrected chi connectivity index (χ3v) is 0.678. The number of carbonyl (C=O) groups is 1. The Morgan fingerprint density at radius 2 is 1.90 bits per heavy atom. The Kier molecular flexibility index (Phi) is 2.76. The van der Waals surface area contributed by atoms with Crippen LogP contribution in [-0.4, -0.2) is 12.7 Å². The molecule has 0 atom stereocenters. The Morgan fingerprint density at radius 1 is 1.40 bits per heavy atom. The summed E-state index contributed by atoms with van der Waals surface area (Å²) >= 11 is 0. The Balaban J connectivity index is 4.22. The predicted octanol–water partition coefficient (Wildman–Crippen LogP) is -1.81. The van der Waals surface area contributed by atoms with Gasteiger partial charge in [0.25, 0.3) is 0 Å². The maximum Gasteiger partial charge on any atom is 0.384 e. The zero-order valence-corrected chi connectivity index (χ0v) is 5.20. The van der Waals surface area contributed by atoms with E-state index in [-0.39, 0.29) is 11.5 Å². The molecule has 6 nitrogen and oxygen atoms in total. The van der Waals surface area contributed by atoms with Crippen LogP contribution in [0.2, 0.25) is 0 Å². The van der Waals surface area contributed by atoms with Gasteiger partial charge < -0.3 is 22.0 Å². The van der Waals surface area contributed by atoms with Crippen molar-refractivity contribution >= 4 is 12.7 Å². The second kappa shape index (κ2) is 3.33. The largest absolute Gasteiger partial charge is 0.390 e. The van der Waals surface area contributed by atoms with E-state index in [1.807, 2.05) is 0 Å². The molecule has 0 aromatic carbocycles. The van der Waals surface area contributed by atoms with Gasteiger partial charge in [-0.1, -0.05) is 5.16 Å². The maximum absolute atomic E-state index is 10.5. The van der Waals surface area contributed by atoms with Gasteiger partial charge in [-0.05, 0) is 0 Å². The van der Waals surface area contributed by atoms with Gasteiger partial charge in [-0.3, -0.25) is 0 Å². The standard InChI is InChI=1S/C4H8N4O2/c1-8-10-4(9)2(5)3(6)7/h1,5-7H2. The number of nitrogens with two attached hydrogens (primary N) is 3. The van der Waals surface area contributed by atoms with Gasteiger partial charge in [-0.15, -0.1) is 0 Å². The van der Waals surface area contributed by atoms with Gasteiger partial charge in [0.1, 0.15) is 5.82 Å². The van der Waals surface area contributed by atoms with Crippen molar-refractivity contribution < 1.29 is 9.63 Å². The number of rotatable bonds is 2. The molecule has 0 fully saturated rings. The molecule has 0 heterocycles. The summed E-state index contributed by atoms with van der Waals surface area (Å²) in [7, 11) is 0. The Morgan fingerprint density at radius 3 is 2.20 bits per heavy atom. The molecule has 0 bridgehead atoms. The van der Waals surface area contributed by atoms with Crippen molar-refractivity contribution in [1.82, 2.24) is 0 Å². The highest BCUT2D eigenvalue weighted by atomic mass is 16.7. The first-order valence-corrected chi connectivity index (χ1v) is 2.27. The van der Waals surface area contributed by atoms with Gasteiger partial charge >= 0.3 is 5.97 Å². The first-order chi connectivity index (χ1) is 4.59. The minimum absolute atomic E-state index is 0.298. The van der Waals surface area contributed by atoms with Crippen LogP contribution in [0.1, 0.15) is 0 Å². The van der Waals surface area contributed by atoms with Crippen LogP contribution in [0.4, 0.5) is 0 Å². The maximum atomic E-state index is 10.5. The first kappa shape index (κ1) is 8.28. The second-order valence-corrected chi connectivity index (χ2v) is 1.38. The van der Waals surface area contributed by atoms with Crippen LogP contribution >= 0.6 is 0 Å². The first-order valence-electron chi connectivity index (χ1n) is 2.27. The minimum Gasteiger partial charge on any atom is -0.390 e. The van der Waals surface area contributed by atoms with E-state index >= 15 is 0 Å². The van der Waals surface area contributed by atoms with E-state index in [0.717, 1.165) is 0 Å². The number of hydrogen-bond acceptors (Lipinski definition) is 6. The zero-order chi connectivity index (χ0) is 8.15. The van der Waals surface area contributed by atoms with E-state index < -0.39 is 5.97 Å². The summed E-state index contributed by atoms with van der Waals surface area (Å²) < 4.78 is 0. The van der Waals surface area contributed by atoms with Crippen molar-refractivity contribution in [3.05, 3.63) is 11.5 Å². The molecule has 6 heteroatoms. The highest BCUT2D eigenvalue weighted by Gasteiger charge is 2.08. The molecule has 0 saturated carbocycles. The fourth-order valence-corrected chi connectivity index (χ4v) is 0.226. The number of oxime groups is 1. The fourth-order valence-electron chi connectivity index (χ4n) is 0.226. The molecule has 0 aromatic rings. The molecule has 0 rings (SSSR count). The van der Waals surface area contributed by atoms with Crippen molar-refractivity contribution in [2.75, 3.05) is 0 Å². The van der Waals surface area contributed by atoms with E-state index in [1.165, 1.54) is 0 Å². The number of carbonyl (C=O) groups excluding carboxylic acids is 1. The monoisotopic (exact) mass is 144 g/mol. The topological polar surface area (TPSA) is 117 Å². The summed E-state index contributed by atoms with van der Waals surface area (Å²) in [5.74, 6) is -1.20. The quantitative estimate of drug-likeness (QED) is 0.183. The van der Waals surface area contributed by atoms with Crippen molar-refractivity contribution in [1.29, 1.82) is 0 Å². The third kappa shape index (κ3) is 2.03. The average Bonchev–Trinajstić information content (AvgIpc) is 1.87. The second-order valence-electron chi connectivity index (χ2n) is 1.38. The molecule has 0 unspecified atom stereocenters. The van der Waals surface area contributed by atoms with Crippen molar-refractivity contribution in [3.8, 4) is 0 Å². The van der Waals surface area contributed by atoms with Gasteiger partial charge in [-0.25, -0.2) is 4.79 Å². The predicted molar refractivity (Wildman–Crippen MR) is 35.2 cm³/mol. The number of nitrogens with zero attached hydrogens (tertiary/aromatic N) is 1. The summed E-state index contributed by atoms with van der Waals surface area (Å²) in [6.45, 7) is 2.89. The molecule has 0 aliphatic carbocycles. The minimum atomic E-state index is -0.907. The van der Waals surface area contributed by atoms with Crippen molar-refractivity contribution in [2.45, 2.75) is 0 Å². The molecule has 56 valence electrons. The fraction of sp³-hybridized carbons (Fsp3) is 0. The summed E-state index contributed by atoms with van der Waals surface area (Å²) in [5, 5.41) is 2.81. The van der Waals surface area contributed by atoms with E-state index in [1.54, 1.807) is 0 Å². The SMILES string of the molecule is C=NOC(=O)C(N)=C(N)N. The smallest absolute Gasteiger partial charge is 0.384 e. The van der Waals surface area contributed by atoms with E-state index in [9.17, 15) is 4.79 Å². The molecular formula is C4H8N4O2. The lowest BCUT2D eigenvalue weighted by atomic mass is 10.5. The van der Waals surface area contributed by atoms with Crippen LogP contribution < -0.4 is 17.2 Å². The van der Waals surface area contributed by atoms with Gasteiger partial charge in [0.2, 0.25) is 0 Å². The van der Waals surface area contributed by atoms with Crippen LogP contribution in [0.5, 0.6) is 0 Å². The molecule has 0 aliphatic rings. The Bertz CT molecular complexity index is 182. The normalized spacial score (nSPS) is 8.00. The lowest BCUT2D eigenvalue weighted by Crippen LogP contribution is -2.23. The highest BCUT2D eigenvalue weighted by Crippen LogP contribution is 1.88. The summed E-state index contributed by atoms with van der Waals surface area (Å²) in [4.78, 5) is 14.5. The molecule has 0 aromatic heterocycles. The molecule has 0 amide bonds. The Labute approximate surface area is 57.3 Å². The molecule has 0 saturated heterocycles. The molecule has 6 N–H and O–H groups in total. The summed E-state index contributed by atoms with van der Waals surface area (Å²) in [6.07, 6.45) is 0. The van der Waals surface area contributed by atoms with Crippen LogP contribution in [-0.2, 0) is 9.63 Å². The van der Waals surface area contributed by atoms with E-state index in [4.69, 9.17) is 17.2 Å². The molecule has 0 radical (unpaired) electrons. The summed E-state index contributed by atoms with van der Waals surface area (Å²) in [5.41, 5.74) is 14.5.